The average molecular weight is 399 g/mol. The number of hydrogen-bond donors (Lipinski definition) is 2. The molecule has 0 radical (unpaired) electrons. The molecule has 2 aromatic rings. The van der Waals surface area contributed by atoms with E-state index in [1.165, 1.54) is 18.5 Å². The summed E-state index contributed by atoms with van der Waals surface area (Å²) in [6, 6.07) is 3.94. The predicted molar refractivity (Wildman–Crippen MR) is 110 cm³/mol. The summed E-state index contributed by atoms with van der Waals surface area (Å²) >= 11 is 0. The molecule has 0 spiro atoms. The number of H-pyrrole nitrogens is 1. The molecule has 0 bridgehead atoms. The van der Waals surface area contributed by atoms with E-state index in [9.17, 15) is 4.79 Å². The topological polar surface area (TPSA) is 99.3 Å². The van der Waals surface area contributed by atoms with Crippen molar-refractivity contribution in [3.63, 3.8) is 0 Å². The number of nitrogens with one attached hydrogen (secondary N) is 2. The van der Waals surface area contributed by atoms with E-state index in [1.807, 2.05) is 32.9 Å². The van der Waals surface area contributed by atoms with Gasteiger partial charge in [-0.25, -0.2) is 9.78 Å². The number of nitrogens with zero attached hydrogens (tertiary/aromatic N) is 5. The van der Waals surface area contributed by atoms with Gasteiger partial charge in [-0.1, -0.05) is 0 Å². The van der Waals surface area contributed by atoms with Crippen molar-refractivity contribution in [2.24, 2.45) is 0 Å². The number of amides is 1. The average Bonchev–Trinajstić information content (AvgIpc) is 3.21. The van der Waals surface area contributed by atoms with Crippen molar-refractivity contribution < 1.29 is 9.53 Å². The summed E-state index contributed by atoms with van der Waals surface area (Å²) in [5, 5.41) is 10.6. The van der Waals surface area contributed by atoms with Gasteiger partial charge in [-0.05, 0) is 46.1 Å². The van der Waals surface area contributed by atoms with E-state index in [0.29, 0.717) is 24.2 Å². The fourth-order valence-corrected chi connectivity index (χ4v) is 3.43. The van der Waals surface area contributed by atoms with Crippen molar-refractivity contribution in [2.45, 2.75) is 57.6 Å². The van der Waals surface area contributed by atoms with Crippen molar-refractivity contribution in [1.82, 2.24) is 25.1 Å². The van der Waals surface area contributed by atoms with Crippen LogP contribution < -0.4 is 10.2 Å². The molecule has 156 valence electrons. The Morgan fingerprint density at radius 2 is 2.10 bits per heavy atom. The Hall–Kier alpha value is -2.84. The van der Waals surface area contributed by atoms with Crippen molar-refractivity contribution in [3.8, 4) is 0 Å². The number of carbonyl (C=O) groups is 1. The molecule has 2 aromatic heterocycles. The smallest absolute Gasteiger partial charge is 0.410 e. The number of likely N-dealkylation sites (N-methyl/N-ethyl adjacent to an activating group) is 1. The highest BCUT2D eigenvalue weighted by atomic mass is 16.6. The van der Waals surface area contributed by atoms with Gasteiger partial charge < -0.3 is 19.9 Å². The van der Waals surface area contributed by atoms with E-state index in [4.69, 9.17) is 4.74 Å². The molecule has 4 rings (SSSR count). The second-order valence-electron chi connectivity index (χ2n) is 8.83. The van der Waals surface area contributed by atoms with Gasteiger partial charge in [-0.3, -0.25) is 5.10 Å². The predicted octanol–water partition coefficient (Wildman–Crippen LogP) is 3.27. The van der Waals surface area contributed by atoms with Gasteiger partial charge >= 0.3 is 6.09 Å². The van der Waals surface area contributed by atoms with Gasteiger partial charge in [-0.15, -0.1) is 0 Å². The molecule has 9 heteroatoms. The summed E-state index contributed by atoms with van der Waals surface area (Å²) in [4.78, 5) is 25.2. The molecule has 1 aliphatic heterocycles. The summed E-state index contributed by atoms with van der Waals surface area (Å²) < 4.78 is 5.48. The zero-order chi connectivity index (χ0) is 20.6. The molecule has 2 fully saturated rings. The van der Waals surface area contributed by atoms with Crippen molar-refractivity contribution in [2.75, 3.05) is 30.4 Å². The molecular weight excluding hydrogens is 370 g/mol. The van der Waals surface area contributed by atoms with Gasteiger partial charge in [0, 0.05) is 44.0 Å². The molecule has 1 atom stereocenters. The largest absolute Gasteiger partial charge is 0.444 e. The lowest BCUT2D eigenvalue weighted by Crippen LogP contribution is -2.42. The SMILES string of the molecule is CN(C(=O)OC(C)(C)C)C1CCN(c2nccc(Nc3cc(C4CC4)[nH]n3)n2)C1. The third-order valence-electron chi connectivity index (χ3n) is 5.19. The molecule has 2 N–H and O–H groups in total. The van der Waals surface area contributed by atoms with Crippen LogP contribution in [0, 0.1) is 0 Å². The first kappa shape index (κ1) is 19.5. The summed E-state index contributed by atoms with van der Waals surface area (Å²) in [5.41, 5.74) is 0.674. The Kier molecular flexibility index (Phi) is 5.06. The molecule has 1 amide bonds. The van der Waals surface area contributed by atoms with E-state index in [1.54, 1.807) is 18.1 Å². The maximum atomic E-state index is 12.3. The van der Waals surface area contributed by atoms with Gasteiger partial charge in [0.1, 0.15) is 11.4 Å². The molecule has 2 aliphatic rings. The van der Waals surface area contributed by atoms with Crippen LogP contribution in [-0.4, -0.2) is 62.9 Å². The number of anilines is 3. The molecule has 29 heavy (non-hydrogen) atoms. The Morgan fingerprint density at radius 3 is 2.83 bits per heavy atom. The van der Waals surface area contributed by atoms with E-state index in [0.717, 1.165) is 18.8 Å². The maximum Gasteiger partial charge on any atom is 0.410 e. The van der Waals surface area contributed by atoms with Gasteiger partial charge in [0.15, 0.2) is 5.82 Å². The standard InChI is InChI=1S/C20H29N7O2/c1-20(2,3)29-19(28)26(4)14-8-10-27(12-14)18-21-9-7-16(23-18)22-17-11-15(24-25-17)13-5-6-13/h7,9,11,13-14H,5-6,8,10,12H2,1-4H3,(H2,21,22,23,24,25). The van der Waals surface area contributed by atoms with Crippen LogP contribution in [0.1, 0.15) is 51.6 Å². The van der Waals surface area contributed by atoms with Crippen LogP contribution in [0.25, 0.3) is 0 Å². The highest BCUT2D eigenvalue weighted by molar-refractivity contribution is 5.68. The first-order valence-corrected chi connectivity index (χ1v) is 10.1. The third kappa shape index (κ3) is 4.78. The quantitative estimate of drug-likeness (QED) is 0.796. The zero-order valence-electron chi connectivity index (χ0n) is 17.5. The minimum atomic E-state index is -0.502. The van der Waals surface area contributed by atoms with Crippen LogP contribution in [0.2, 0.25) is 0 Å². The van der Waals surface area contributed by atoms with Crippen molar-refractivity contribution >= 4 is 23.7 Å². The van der Waals surface area contributed by atoms with E-state index < -0.39 is 5.60 Å². The minimum Gasteiger partial charge on any atom is -0.444 e. The van der Waals surface area contributed by atoms with Gasteiger partial charge in [0.25, 0.3) is 0 Å². The monoisotopic (exact) mass is 399 g/mol. The second kappa shape index (κ2) is 7.53. The molecule has 1 saturated carbocycles. The highest BCUT2D eigenvalue weighted by Crippen LogP contribution is 2.39. The van der Waals surface area contributed by atoms with Crippen molar-refractivity contribution in [3.05, 3.63) is 24.0 Å². The number of aromatic nitrogens is 4. The van der Waals surface area contributed by atoms with Gasteiger partial charge in [0.2, 0.25) is 5.95 Å². The Bertz CT molecular complexity index is 872. The summed E-state index contributed by atoms with van der Waals surface area (Å²) in [5.74, 6) is 2.74. The van der Waals surface area contributed by atoms with Crippen LogP contribution in [0.5, 0.6) is 0 Å². The fourth-order valence-electron chi connectivity index (χ4n) is 3.43. The number of hydrogen-bond acceptors (Lipinski definition) is 7. The minimum absolute atomic E-state index is 0.0671. The number of aromatic amines is 1. The van der Waals surface area contributed by atoms with Gasteiger partial charge in [0.05, 0.1) is 6.04 Å². The molecule has 9 nitrogen and oxygen atoms in total. The third-order valence-corrected chi connectivity index (χ3v) is 5.19. The van der Waals surface area contributed by atoms with Crippen LogP contribution in [0.4, 0.5) is 22.4 Å². The molecule has 3 heterocycles. The highest BCUT2D eigenvalue weighted by Gasteiger charge is 2.32. The lowest BCUT2D eigenvalue weighted by atomic mass is 10.2. The van der Waals surface area contributed by atoms with E-state index in [-0.39, 0.29) is 12.1 Å². The number of ether oxygens (including phenoxy) is 1. The van der Waals surface area contributed by atoms with Crippen LogP contribution in [0.15, 0.2) is 18.3 Å². The normalized spacial score (nSPS) is 19.3. The lowest BCUT2D eigenvalue weighted by Gasteiger charge is -2.28. The fraction of sp³-hybridized carbons (Fsp3) is 0.600. The number of rotatable bonds is 5. The maximum absolute atomic E-state index is 12.3. The van der Waals surface area contributed by atoms with Gasteiger partial charge in [-0.2, -0.15) is 10.1 Å². The van der Waals surface area contributed by atoms with Crippen LogP contribution in [-0.2, 0) is 4.74 Å². The first-order valence-electron chi connectivity index (χ1n) is 10.1. The summed E-state index contributed by atoms with van der Waals surface area (Å²) in [6.45, 7) is 7.08. The Balaban J connectivity index is 1.37. The summed E-state index contributed by atoms with van der Waals surface area (Å²) in [7, 11) is 1.79. The van der Waals surface area contributed by atoms with Crippen LogP contribution in [0.3, 0.4) is 0 Å². The molecule has 1 unspecified atom stereocenters. The zero-order valence-corrected chi connectivity index (χ0v) is 17.5. The molecule has 1 saturated heterocycles. The summed E-state index contributed by atoms with van der Waals surface area (Å²) in [6.07, 6.45) is 4.75. The number of carbonyl (C=O) groups excluding carboxylic acids is 1. The Labute approximate surface area is 170 Å². The second-order valence-corrected chi connectivity index (χ2v) is 8.83. The molecular formula is C20H29N7O2. The van der Waals surface area contributed by atoms with Crippen molar-refractivity contribution in [1.29, 1.82) is 0 Å². The first-order chi connectivity index (χ1) is 13.8. The molecule has 1 aliphatic carbocycles. The van der Waals surface area contributed by atoms with Crippen LogP contribution >= 0.6 is 0 Å². The van der Waals surface area contributed by atoms with E-state index >= 15 is 0 Å². The molecule has 0 aromatic carbocycles. The Morgan fingerprint density at radius 1 is 1.31 bits per heavy atom. The lowest BCUT2D eigenvalue weighted by molar-refractivity contribution is 0.0238. The van der Waals surface area contributed by atoms with E-state index in [2.05, 4.69) is 30.4 Å².